The lowest BCUT2D eigenvalue weighted by Crippen LogP contribution is -2.17. The minimum absolute atomic E-state index is 0.0337. The second-order valence-electron chi connectivity index (χ2n) is 8.32. The molecule has 2 aromatic heterocycles. The number of Topliss-reactive ketones (excluding diaryl/α,β-unsaturated/α-hetero) is 2. The van der Waals surface area contributed by atoms with Crippen LogP contribution in [-0.2, 0) is 21.4 Å². The van der Waals surface area contributed by atoms with E-state index in [1.165, 1.54) is 49.7 Å². The lowest BCUT2D eigenvalue weighted by molar-refractivity contribution is -0.115. The summed E-state index contributed by atoms with van der Waals surface area (Å²) >= 11 is 0. The third-order valence-corrected chi connectivity index (χ3v) is 4.69. The minimum atomic E-state index is -0.816. The Hall–Kier alpha value is -4.14. The summed E-state index contributed by atoms with van der Waals surface area (Å²) in [6, 6.07) is 10.3. The van der Waals surface area contributed by atoms with Crippen molar-refractivity contribution in [2.24, 2.45) is 0 Å². The third kappa shape index (κ3) is 5.76. The summed E-state index contributed by atoms with van der Waals surface area (Å²) in [6.07, 6.45) is 1.20. The molecule has 0 saturated carbocycles. The first-order chi connectivity index (χ1) is 15.6. The summed E-state index contributed by atoms with van der Waals surface area (Å²) in [4.78, 5) is 52.5. The zero-order chi connectivity index (χ0) is 24.2. The molecule has 0 unspecified atom stereocenters. The first-order valence-corrected chi connectivity index (χ1v) is 10.1. The zero-order valence-corrected chi connectivity index (χ0v) is 18.7. The van der Waals surface area contributed by atoms with E-state index in [0.717, 1.165) is 0 Å². The quantitative estimate of drug-likeness (QED) is 0.330. The number of aromatic nitrogens is 2. The van der Waals surface area contributed by atoms with Gasteiger partial charge in [0, 0.05) is 28.9 Å². The van der Waals surface area contributed by atoms with E-state index in [1.807, 2.05) is 20.8 Å². The van der Waals surface area contributed by atoms with E-state index >= 15 is 0 Å². The molecule has 33 heavy (non-hydrogen) atoms. The summed E-state index contributed by atoms with van der Waals surface area (Å²) in [6.45, 7) is 5.95. The summed E-state index contributed by atoms with van der Waals surface area (Å²) in [5.74, 6) is -1.78. The van der Waals surface area contributed by atoms with E-state index in [-0.39, 0.29) is 34.6 Å². The highest BCUT2D eigenvalue weighted by molar-refractivity contribution is 6.48. The van der Waals surface area contributed by atoms with Gasteiger partial charge in [0.25, 0.3) is 5.78 Å². The van der Waals surface area contributed by atoms with E-state index in [4.69, 9.17) is 4.52 Å². The van der Waals surface area contributed by atoms with Crippen molar-refractivity contribution in [2.75, 3.05) is 12.4 Å². The maximum atomic E-state index is 12.5. The number of ether oxygens (including phenoxy) is 1. The van der Waals surface area contributed by atoms with Gasteiger partial charge in [0.05, 0.1) is 24.8 Å². The average Bonchev–Trinajstić information content (AvgIpc) is 3.27. The average molecular weight is 449 g/mol. The van der Waals surface area contributed by atoms with Gasteiger partial charge in [-0.15, -0.1) is 0 Å². The van der Waals surface area contributed by atoms with E-state index in [0.29, 0.717) is 17.1 Å². The Morgan fingerprint density at radius 3 is 2.18 bits per heavy atom. The summed E-state index contributed by atoms with van der Waals surface area (Å²) < 4.78 is 9.85. The first-order valence-electron chi connectivity index (χ1n) is 10.1. The number of amides is 1. The van der Waals surface area contributed by atoms with Crippen molar-refractivity contribution in [3.8, 4) is 0 Å². The molecule has 0 radical (unpaired) electrons. The van der Waals surface area contributed by atoms with Crippen LogP contribution in [-0.4, -0.2) is 40.7 Å². The summed E-state index contributed by atoms with van der Waals surface area (Å²) in [7, 11) is 1.23. The van der Waals surface area contributed by atoms with Crippen LogP contribution in [0.3, 0.4) is 0 Å². The number of esters is 1. The van der Waals surface area contributed by atoms with Crippen LogP contribution < -0.4 is 5.32 Å². The molecule has 0 spiro atoms. The number of hydrogen-bond acceptors (Lipinski definition) is 8. The Labute approximate surface area is 190 Å². The van der Waals surface area contributed by atoms with E-state index in [9.17, 15) is 19.2 Å². The van der Waals surface area contributed by atoms with Crippen LogP contribution in [0, 0.1) is 0 Å². The fourth-order valence-electron chi connectivity index (χ4n) is 2.84. The van der Waals surface area contributed by atoms with E-state index in [2.05, 4.69) is 20.2 Å². The molecule has 0 saturated heterocycles. The Morgan fingerprint density at radius 2 is 1.64 bits per heavy atom. The van der Waals surface area contributed by atoms with Gasteiger partial charge in [-0.3, -0.25) is 19.4 Å². The van der Waals surface area contributed by atoms with Gasteiger partial charge in [-0.2, -0.15) is 0 Å². The standard InChI is InChI=1S/C24H23N3O6/c1-24(2,3)19-11-17(27-33-19)12-20(28)26-16-8-5-14(6-9-16)21(29)22(30)18-10-7-15(13-25-18)23(31)32-4/h5-11,13H,12H2,1-4H3,(H,26,28). The maximum absolute atomic E-state index is 12.5. The van der Waals surface area contributed by atoms with E-state index in [1.54, 1.807) is 6.07 Å². The molecule has 9 heteroatoms. The number of benzene rings is 1. The first kappa shape index (κ1) is 23.5. The van der Waals surface area contributed by atoms with Crippen molar-refractivity contribution in [3.63, 3.8) is 0 Å². The van der Waals surface area contributed by atoms with Crippen molar-refractivity contribution < 1.29 is 28.4 Å². The van der Waals surface area contributed by atoms with Gasteiger partial charge in [0.15, 0.2) is 0 Å². The van der Waals surface area contributed by atoms with E-state index < -0.39 is 17.5 Å². The molecule has 0 aliphatic heterocycles. The number of carbonyl (C=O) groups is 4. The number of ketones is 2. The smallest absolute Gasteiger partial charge is 0.339 e. The van der Waals surface area contributed by atoms with Crippen molar-refractivity contribution in [1.82, 2.24) is 10.1 Å². The molecule has 3 rings (SSSR count). The summed E-state index contributed by atoms with van der Waals surface area (Å²) in [5, 5.41) is 6.63. The Bertz CT molecular complexity index is 1190. The largest absolute Gasteiger partial charge is 0.465 e. The Morgan fingerprint density at radius 1 is 0.970 bits per heavy atom. The predicted octanol–water partition coefficient (Wildman–Crippen LogP) is 3.40. The molecule has 1 amide bonds. The number of methoxy groups -OCH3 is 1. The van der Waals surface area contributed by atoms with Crippen LogP contribution >= 0.6 is 0 Å². The second-order valence-corrected chi connectivity index (χ2v) is 8.32. The third-order valence-electron chi connectivity index (χ3n) is 4.69. The van der Waals surface area contributed by atoms with Crippen LogP contribution in [0.15, 0.2) is 53.2 Å². The minimum Gasteiger partial charge on any atom is -0.465 e. The number of anilines is 1. The van der Waals surface area contributed by atoms with Crippen LogP contribution in [0.25, 0.3) is 0 Å². The maximum Gasteiger partial charge on any atom is 0.339 e. The van der Waals surface area contributed by atoms with Gasteiger partial charge in [0.1, 0.15) is 11.5 Å². The SMILES string of the molecule is COC(=O)c1ccc(C(=O)C(=O)c2ccc(NC(=O)Cc3cc(C(C)(C)C)on3)cc2)nc1. The number of nitrogens with zero attached hydrogens (tertiary/aromatic N) is 2. The van der Waals surface area contributed by atoms with Gasteiger partial charge < -0.3 is 14.6 Å². The molecule has 1 aromatic carbocycles. The highest BCUT2D eigenvalue weighted by Gasteiger charge is 2.22. The van der Waals surface area contributed by atoms with Crippen molar-refractivity contribution in [1.29, 1.82) is 0 Å². The highest BCUT2D eigenvalue weighted by atomic mass is 16.5. The lowest BCUT2D eigenvalue weighted by Gasteiger charge is -2.12. The van der Waals surface area contributed by atoms with Crippen LogP contribution in [0.1, 0.15) is 63.4 Å². The molecule has 9 nitrogen and oxygen atoms in total. The van der Waals surface area contributed by atoms with Gasteiger partial charge in [-0.05, 0) is 36.4 Å². The molecular formula is C24H23N3O6. The Balaban J connectivity index is 1.61. The highest BCUT2D eigenvalue weighted by Crippen LogP contribution is 2.23. The summed E-state index contributed by atoms with van der Waals surface area (Å²) in [5.41, 5.74) is 0.988. The van der Waals surface area contributed by atoms with Gasteiger partial charge in [-0.25, -0.2) is 4.79 Å². The lowest BCUT2D eigenvalue weighted by atomic mass is 9.93. The van der Waals surface area contributed by atoms with Crippen LogP contribution in [0.4, 0.5) is 5.69 Å². The zero-order valence-electron chi connectivity index (χ0n) is 18.7. The van der Waals surface area contributed by atoms with Gasteiger partial charge in [0.2, 0.25) is 11.7 Å². The number of nitrogens with one attached hydrogen (secondary N) is 1. The number of hydrogen-bond donors (Lipinski definition) is 1. The molecule has 0 bridgehead atoms. The topological polar surface area (TPSA) is 128 Å². The van der Waals surface area contributed by atoms with Crippen LogP contribution in [0.2, 0.25) is 0 Å². The monoisotopic (exact) mass is 449 g/mol. The Kier molecular flexibility index (Phi) is 6.81. The molecule has 0 fully saturated rings. The number of pyridine rings is 1. The van der Waals surface area contributed by atoms with Crippen molar-refractivity contribution in [2.45, 2.75) is 32.6 Å². The molecule has 1 N–H and O–H groups in total. The molecule has 170 valence electrons. The molecule has 0 aliphatic rings. The molecular weight excluding hydrogens is 426 g/mol. The molecule has 3 aromatic rings. The fraction of sp³-hybridized carbons (Fsp3) is 0.250. The van der Waals surface area contributed by atoms with Crippen molar-refractivity contribution in [3.05, 3.63) is 76.9 Å². The number of carbonyl (C=O) groups excluding carboxylic acids is 4. The molecule has 2 heterocycles. The van der Waals surface area contributed by atoms with Crippen LogP contribution in [0.5, 0.6) is 0 Å². The normalized spacial score (nSPS) is 11.0. The van der Waals surface area contributed by atoms with Gasteiger partial charge >= 0.3 is 5.97 Å². The second kappa shape index (κ2) is 9.56. The predicted molar refractivity (Wildman–Crippen MR) is 118 cm³/mol. The van der Waals surface area contributed by atoms with Gasteiger partial charge in [-0.1, -0.05) is 25.9 Å². The molecule has 0 aliphatic carbocycles. The molecule has 0 atom stereocenters. The fourth-order valence-corrected chi connectivity index (χ4v) is 2.84. The number of rotatable bonds is 7. The van der Waals surface area contributed by atoms with Crippen molar-refractivity contribution >= 4 is 29.1 Å².